The molecule has 1 aliphatic rings. The second-order valence-corrected chi connectivity index (χ2v) is 4.71. The first-order valence-electron chi connectivity index (χ1n) is 6.50. The van der Waals surface area contributed by atoms with Crippen LogP contribution in [-0.2, 0) is 30.9 Å². The molecule has 0 bridgehead atoms. The molecule has 1 aliphatic heterocycles. The molecule has 0 unspecified atom stereocenters. The van der Waals surface area contributed by atoms with Gasteiger partial charge in [-0.15, -0.1) is 0 Å². The smallest absolute Gasteiger partial charge is 0.170 e. The number of rotatable bonds is 4. The molecule has 98 valence electrons. The summed E-state index contributed by atoms with van der Waals surface area (Å²) in [7, 11) is 0. The van der Waals surface area contributed by atoms with E-state index >= 15 is 0 Å². The van der Waals surface area contributed by atoms with Crippen molar-refractivity contribution in [3.05, 3.63) is 53.1 Å². The Kier molecular flexibility index (Phi) is 3.17. The van der Waals surface area contributed by atoms with E-state index in [-0.39, 0.29) is 5.78 Å². The molecule has 0 spiro atoms. The zero-order valence-corrected chi connectivity index (χ0v) is 10.9. The molecule has 19 heavy (non-hydrogen) atoms. The van der Waals surface area contributed by atoms with E-state index in [0.717, 1.165) is 23.5 Å². The van der Waals surface area contributed by atoms with Crippen molar-refractivity contribution < 1.29 is 9.53 Å². The third-order valence-electron chi connectivity index (χ3n) is 3.50. The fraction of sp³-hybridized carbons (Fsp3) is 0.333. The summed E-state index contributed by atoms with van der Waals surface area (Å²) < 4.78 is 7.36. The predicted octanol–water partition coefficient (Wildman–Crippen LogP) is 2.36. The van der Waals surface area contributed by atoms with E-state index in [1.54, 1.807) is 6.20 Å². The number of Topliss-reactive ketones (excluding diaryl/α,β-unsaturated/α-hetero) is 1. The van der Waals surface area contributed by atoms with Gasteiger partial charge in [-0.1, -0.05) is 12.1 Å². The predicted molar refractivity (Wildman–Crippen MR) is 70.9 cm³/mol. The zero-order valence-electron chi connectivity index (χ0n) is 10.9. The number of benzene rings is 1. The van der Waals surface area contributed by atoms with Crippen LogP contribution in [0.15, 0.2) is 30.6 Å². The van der Waals surface area contributed by atoms with Gasteiger partial charge in [0.1, 0.15) is 5.82 Å². The number of hydrogen-bond acceptors (Lipinski definition) is 3. The highest BCUT2D eigenvalue weighted by atomic mass is 16.5. The topological polar surface area (TPSA) is 44.1 Å². The summed E-state index contributed by atoms with van der Waals surface area (Å²) in [5.41, 5.74) is 3.06. The van der Waals surface area contributed by atoms with Gasteiger partial charge in [-0.2, -0.15) is 0 Å². The highest BCUT2D eigenvalue weighted by Crippen LogP contribution is 2.21. The van der Waals surface area contributed by atoms with Crippen LogP contribution in [0.2, 0.25) is 0 Å². The van der Waals surface area contributed by atoms with Gasteiger partial charge in [0, 0.05) is 24.5 Å². The summed E-state index contributed by atoms with van der Waals surface area (Å²) in [5, 5.41) is 0. The number of carbonyl (C=O) groups excluding carboxylic acids is 1. The molecule has 0 saturated carbocycles. The van der Waals surface area contributed by atoms with Gasteiger partial charge < -0.3 is 9.30 Å². The summed E-state index contributed by atoms with van der Waals surface area (Å²) in [5.74, 6) is 0.930. The monoisotopic (exact) mass is 256 g/mol. The normalized spacial score (nSPS) is 13.5. The number of hydrogen-bond donors (Lipinski definition) is 0. The lowest BCUT2D eigenvalue weighted by Crippen LogP contribution is -2.10. The second kappa shape index (κ2) is 4.97. The van der Waals surface area contributed by atoms with Crippen LogP contribution in [-0.4, -0.2) is 15.3 Å². The van der Waals surface area contributed by atoms with Crippen LogP contribution in [0.3, 0.4) is 0 Å². The Hall–Kier alpha value is -1.94. The molecule has 4 heteroatoms. The van der Waals surface area contributed by atoms with Gasteiger partial charge in [-0.05, 0) is 24.1 Å². The Morgan fingerprint density at radius 1 is 1.37 bits per heavy atom. The average Bonchev–Trinajstić information content (AvgIpc) is 3.05. The SMILES string of the molecule is CCn1ccnc1CC(=O)c1ccc2c(c1)COC2. The minimum absolute atomic E-state index is 0.107. The summed E-state index contributed by atoms with van der Waals surface area (Å²) in [4.78, 5) is 16.5. The number of aromatic nitrogens is 2. The van der Waals surface area contributed by atoms with Crippen LogP contribution < -0.4 is 0 Å². The summed E-state index contributed by atoms with van der Waals surface area (Å²) >= 11 is 0. The number of aryl methyl sites for hydroxylation is 1. The average molecular weight is 256 g/mol. The molecular formula is C15H16N2O2. The molecule has 1 aromatic heterocycles. The van der Waals surface area contributed by atoms with E-state index in [2.05, 4.69) is 4.98 Å². The van der Waals surface area contributed by atoms with Crippen LogP contribution in [0.5, 0.6) is 0 Å². The standard InChI is InChI=1S/C15H16N2O2/c1-2-17-6-5-16-15(17)8-14(18)11-3-4-12-9-19-10-13(12)7-11/h3-7H,2,8-10H2,1H3. The fourth-order valence-corrected chi connectivity index (χ4v) is 2.39. The molecule has 3 rings (SSSR count). The van der Waals surface area contributed by atoms with Gasteiger partial charge in [0.15, 0.2) is 5.78 Å². The maximum atomic E-state index is 12.3. The Labute approximate surface area is 112 Å². The molecule has 0 aliphatic carbocycles. The Bertz CT molecular complexity index is 616. The molecule has 2 aromatic rings. The van der Waals surface area contributed by atoms with Gasteiger partial charge in [-0.3, -0.25) is 4.79 Å². The van der Waals surface area contributed by atoms with E-state index in [1.165, 1.54) is 5.56 Å². The van der Waals surface area contributed by atoms with Crippen molar-refractivity contribution in [3.63, 3.8) is 0 Å². The molecule has 0 saturated heterocycles. The third kappa shape index (κ3) is 2.31. The number of imidazole rings is 1. The maximum Gasteiger partial charge on any atom is 0.170 e. The van der Waals surface area contributed by atoms with E-state index in [4.69, 9.17) is 4.74 Å². The van der Waals surface area contributed by atoms with E-state index in [0.29, 0.717) is 19.6 Å². The third-order valence-corrected chi connectivity index (χ3v) is 3.50. The Balaban J connectivity index is 1.81. The van der Waals surface area contributed by atoms with Crippen molar-refractivity contribution in [2.24, 2.45) is 0 Å². The molecule has 0 amide bonds. The molecule has 2 heterocycles. The molecule has 0 atom stereocenters. The van der Waals surface area contributed by atoms with Gasteiger partial charge in [0.05, 0.1) is 19.6 Å². The summed E-state index contributed by atoms with van der Waals surface area (Å²) in [6.45, 7) is 4.15. The summed E-state index contributed by atoms with van der Waals surface area (Å²) in [6.07, 6.45) is 3.99. The zero-order chi connectivity index (χ0) is 13.2. The lowest BCUT2D eigenvalue weighted by molar-refractivity contribution is 0.0989. The molecule has 4 nitrogen and oxygen atoms in total. The largest absolute Gasteiger partial charge is 0.372 e. The van der Waals surface area contributed by atoms with Gasteiger partial charge in [0.25, 0.3) is 0 Å². The van der Waals surface area contributed by atoms with E-state index in [9.17, 15) is 4.79 Å². The fourth-order valence-electron chi connectivity index (χ4n) is 2.39. The van der Waals surface area contributed by atoms with Gasteiger partial charge in [0.2, 0.25) is 0 Å². The summed E-state index contributed by atoms with van der Waals surface area (Å²) in [6, 6.07) is 5.82. The van der Waals surface area contributed by atoms with Gasteiger partial charge >= 0.3 is 0 Å². The molecule has 0 radical (unpaired) electrons. The molecule has 1 aromatic carbocycles. The van der Waals surface area contributed by atoms with Crippen molar-refractivity contribution in [2.75, 3.05) is 0 Å². The first-order chi connectivity index (χ1) is 9.28. The van der Waals surface area contributed by atoms with Crippen LogP contribution in [0.4, 0.5) is 0 Å². The second-order valence-electron chi connectivity index (χ2n) is 4.71. The highest BCUT2D eigenvalue weighted by molar-refractivity contribution is 5.97. The van der Waals surface area contributed by atoms with Crippen molar-refractivity contribution in [2.45, 2.75) is 33.1 Å². The van der Waals surface area contributed by atoms with Crippen LogP contribution >= 0.6 is 0 Å². The van der Waals surface area contributed by atoms with Crippen LogP contribution in [0.1, 0.15) is 34.2 Å². The van der Waals surface area contributed by atoms with Crippen LogP contribution in [0.25, 0.3) is 0 Å². The maximum absolute atomic E-state index is 12.3. The quantitative estimate of drug-likeness (QED) is 0.789. The first kappa shape index (κ1) is 12.1. The first-order valence-corrected chi connectivity index (χ1v) is 6.50. The number of carbonyl (C=O) groups is 1. The van der Waals surface area contributed by atoms with Crippen molar-refractivity contribution in [1.82, 2.24) is 9.55 Å². The Morgan fingerprint density at radius 3 is 3.05 bits per heavy atom. The van der Waals surface area contributed by atoms with E-state index < -0.39 is 0 Å². The van der Waals surface area contributed by atoms with Crippen LogP contribution in [0, 0.1) is 0 Å². The number of nitrogens with zero attached hydrogens (tertiary/aromatic N) is 2. The lowest BCUT2D eigenvalue weighted by Gasteiger charge is -2.05. The highest BCUT2D eigenvalue weighted by Gasteiger charge is 2.15. The van der Waals surface area contributed by atoms with Gasteiger partial charge in [-0.25, -0.2) is 4.98 Å². The minimum Gasteiger partial charge on any atom is -0.372 e. The van der Waals surface area contributed by atoms with Crippen molar-refractivity contribution >= 4 is 5.78 Å². The van der Waals surface area contributed by atoms with E-state index in [1.807, 2.05) is 35.9 Å². The molecular weight excluding hydrogens is 240 g/mol. The number of ketones is 1. The van der Waals surface area contributed by atoms with Crippen molar-refractivity contribution in [3.8, 4) is 0 Å². The lowest BCUT2D eigenvalue weighted by atomic mass is 10.0. The Morgan fingerprint density at radius 2 is 2.21 bits per heavy atom. The number of fused-ring (bicyclic) bond motifs is 1. The molecule has 0 N–H and O–H groups in total. The van der Waals surface area contributed by atoms with Crippen molar-refractivity contribution in [1.29, 1.82) is 0 Å². The number of ether oxygens (including phenoxy) is 1. The minimum atomic E-state index is 0.107. The molecule has 0 fully saturated rings.